The Labute approximate surface area is 152 Å². The van der Waals surface area contributed by atoms with Crippen molar-refractivity contribution in [1.29, 1.82) is 0 Å². The number of aromatic nitrogens is 3. The molecule has 26 heavy (non-hydrogen) atoms. The first-order valence-corrected chi connectivity index (χ1v) is 9.07. The predicted octanol–water partition coefficient (Wildman–Crippen LogP) is 2.84. The van der Waals surface area contributed by atoms with Crippen LogP contribution in [-0.4, -0.2) is 44.7 Å². The van der Waals surface area contributed by atoms with Gasteiger partial charge in [0.05, 0.1) is 0 Å². The number of piperidine rings is 1. The Bertz CT molecular complexity index is 897. The Kier molecular flexibility index (Phi) is 4.56. The number of aryl methyl sites for hydroxylation is 1. The summed E-state index contributed by atoms with van der Waals surface area (Å²) in [5.41, 5.74) is 2.25. The number of fused-ring (bicyclic) bond motifs is 1. The number of rotatable bonds is 4. The van der Waals surface area contributed by atoms with Gasteiger partial charge in [-0.3, -0.25) is 4.79 Å². The lowest BCUT2D eigenvalue weighted by Crippen LogP contribution is -2.43. The van der Waals surface area contributed by atoms with Crippen molar-refractivity contribution in [2.75, 3.05) is 18.4 Å². The van der Waals surface area contributed by atoms with Gasteiger partial charge in [0.25, 0.3) is 0 Å². The number of amides is 1. The number of likely N-dealkylation sites (tertiary alicyclic amines) is 1. The van der Waals surface area contributed by atoms with Gasteiger partial charge in [0.15, 0.2) is 0 Å². The van der Waals surface area contributed by atoms with E-state index >= 15 is 0 Å². The summed E-state index contributed by atoms with van der Waals surface area (Å²) in [7, 11) is 0. The van der Waals surface area contributed by atoms with Crippen molar-refractivity contribution in [1.82, 2.24) is 19.7 Å². The molecule has 6 nitrogen and oxygen atoms in total. The number of para-hydroxylation sites is 1. The maximum absolute atomic E-state index is 12.8. The third-order valence-electron chi connectivity index (χ3n) is 5.08. The molecule has 6 heteroatoms. The van der Waals surface area contributed by atoms with E-state index < -0.39 is 0 Å². The van der Waals surface area contributed by atoms with Crippen LogP contribution < -0.4 is 5.32 Å². The zero-order valence-electron chi connectivity index (χ0n) is 14.9. The van der Waals surface area contributed by atoms with Crippen LogP contribution in [0.2, 0.25) is 0 Å². The summed E-state index contributed by atoms with van der Waals surface area (Å²) < 4.78 is 2.11. The molecule has 1 aromatic carbocycles. The number of nitrogens with zero attached hydrogens (tertiary/aromatic N) is 4. The molecule has 0 spiro atoms. The molecule has 1 fully saturated rings. The summed E-state index contributed by atoms with van der Waals surface area (Å²) in [4.78, 5) is 14.8. The van der Waals surface area contributed by atoms with Crippen molar-refractivity contribution < 1.29 is 4.79 Å². The highest BCUT2D eigenvalue weighted by Crippen LogP contribution is 2.20. The van der Waals surface area contributed by atoms with Crippen LogP contribution in [0.25, 0.3) is 10.9 Å². The topological polar surface area (TPSA) is 63.1 Å². The van der Waals surface area contributed by atoms with E-state index in [1.165, 1.54) is 5.39 Å². The number of hydrogen-bond acceptors (Lipinski definition) is 4. The fraction of sp³-hybridized carbons (Fsp3) is 0.350. The molecule has 4 rings (SSSR count). The second kappa shape index (κ2) is 7.15. The zero-order valence-corrected chi connectivity index (χ0v) is 14.9. The van der Waals surface area contributed by atoms with E-state index in [-0.39, 0.29) is 5.91 Å². The van der Waals surface area contributed by atoms with Crippen molar-refractivity contribution in [2.24, 2.45) is 0 Å². The molecule has 0 bridgehead atoms. The number of benzene rings is 1. The monoisotopic (exact) mass is 349 g/mol. The Morgan fingerprint density at radius 2 is 2.00 bits per heavy atom. The fourth-order valence-corrected chi connectivity index (χ4v) is 3.65. The highest BCUT2D eigenvalue weighted by atomic mass is 16.2. The van der Waals surface area contributed by atoms with E-state index in [4.69, 9.17) is 0 Å². The molecule has 1 aliphatic rings. The van der Waals surface area contributed by atoms with Crippen LogP contribution in [0, 0.1) is 6.92 Å². The van der Waals surface area contributed by atoms with E-state index in [0.29, 0.717) is 12.6 Å². The van der Waals surface area contributed by atoms with Crippen molar-refractivity contribution >= 4 is 22.6 Å². The third-order valence-corrected chi connectivity index (χ3v) is 5.08. The van der Waals surface area contributed by atoms with Gasteiger partial charge in [0, 0.05) is 36.5 Å². The van der Waals surface area contributed by atoms with Gasteiger partial charge in [0.1, 0.15) is 12.4 Å². The molecule has 1 N–H and O–H groups in total. The molecule has 1 saturated heterocycles. The van der Waals surface area contributed by atoms with Crippen LogP contribution in [0.15, 0.2) is 48.7 Å². The number of hydrogen-bond donors (Lipinski definition) is 1. The number of carbonyl (C=O) groups is 1. The van der Waals surface area contributed by atoms with Gasteiger partial charge in [0.2, 0.25) is 5.91 Å². The molecule has 1 amide bonds. The molecule has 0 unspecified atom stereocenters. The summed E-state index contributed by atoms with van der Waals surface area (Å²) in [6, 6.07) is 14.5. The first kappa shape index (κ1) is 16.6. The Hall–Kier alpha value is -2.89. The Morgan fingerprint density at radius 1 is 1.19 bits per heavy atom. The quantitative estimate of drug-likeness (QED) is 0.787. The molecule has 1 aliphatic heterocycles. The van der Waals surface area contributed by atoms with Crippen molar-refractivity contribution in [3.63, 3.8) is 0 Å². The van der Waals surface area contributed by atoms with Crippen LogP contribution in [0.5, 0.6) is 0 Å². The van der Waals surface area contributed by atoms with Gasteiger partial charge < -0.3 is 14.8 Å². The largest absolute Gasteiger partial charge is 0.366 e. The smallest absolute Gasteiger partial charge is 0.242 e. The van der Waals surface area contributed by atoms with Crippen LogP contribution in [0.1, 0.15) is 18.5 Å². The second-order valence-electron chi connectivity index (χ2n) is 6.84. The van der Waals surface area contributed by atoms with E-state index in [1.807, 2.05) is 29.2 Å². The first-order valence-electron chi connectivity index (χ1n) is 9.07. The van der Waals surface area contributed by atoms with E-state index in [0.717, 1.165) is 43.0 Å². The summed E-state index contributed by atoms with van der Waals surface area (Å²) in [5, 5.41) is 12.5. The molecule has 3 heterocycles. The van der Waals surface area contributed by atoms with Gasteiger partial charge in [-0.05, 0) is 49.4 Å². The molecule has 2 aromatic heterocycles. The summed E-state index contributed by atoms with van der Waals surface area (Å²) in [6.45, 7) is 4.01. The lowest BCUT2D eigenvalue weighted by molar-refractivity contribution is -0.132. The average molecular weight is 349 g/mol. The van der Waals surface area contributed by atoms with E-state index in [1.54, 1.807) is 6.20 Å². The molecule has 134 valence electrons. The third kappa shape index (κ3) is 3.40. The van der Waals surface area contributed by atoms with Crippen LogP contribution in [0.4, 0.5) is 5.82 Å². The Morgan fingerprint density at radius 3 is 2.77 bits per heavy atom. The summed E-state index contributed by atoms with van der Waals surface area (Å²) in [5.74, 6) is 0.985. The minimum absolute atomic E-state index is 0.187. The number of anilines is 1. The molecule has 3 aromatic rings. The average Bonchev–Trinajstić information content (AvgIpc) is 2.98. The highest BCUT2D eigenvalue weighted by molar-refractivity contribution is 5.84. The molecular weight excluding hydrogens is 326 g/mol. The van der Waals surface area contributed by atoms with Gasteiger partial charge in [-0.1, -0.05) is 18.2 Å². The molecule has 0 radical (unpaired) electrons. The van der Waals surface area contributed by atoms with Crippen molar-refractivity contribution in [3.05, 3.63) is 54.4 Å². The van der Waals surface area contributed by atoms with Crippen LogP contribution >= 0.6 is 0 Å². The lowest BCUT2D eigenvalue weighted by Gasteiger charge is -2.32. The van der Waals surface area contributed by atoms with Gasteiger partial charge in [-0.15, -0.1) is 5.10 Å². The van der Waals surface area contributed by atoms with Gasteiger partial charge >= 0.3 is 0 Å². The first-order chi connectivity index (χ1) is 12.7. The normalized spacial score (nSPS) is 15.3. The Balaban J connectivity index is 1.37. The zero-order chi connectivity index (χ0) is 17.9. The van der Waals surface area contributed by atoms with Gasteiger partial charge in [-0.25, -0.2) is 0 Å². The summed E-state index contributed by atoms with van der Waals surface area (Å²) in [6.07, 6.45) is 3.51. The van der Waals surface area contributed by atoms with Gasteiger partial charge in [-0.2, -0.15) is 5.10 Å². The summed E-state index contributed by atoms with van der Waals surface area (Å²) >= 11 is 0. The minimum atomic E-state index is 0.187. The maximum Gasteiger partial charge on any atom is 0.242 e. The second-order valence-corrected chi connectivity index (χ2v) is 6.84. The van der Waals surface area contributed by atoms with E-state index in [9.17, 15) is 4.79 Å². The maximum atomic E-state index is 12.8. The number of carbonyl (C=O) groups excluding carboxylic acids is 1. The van der Waals surface area contributed by atoms with Crippen LogP contribution in [0.3, 0.4) is 0 Å². The lowest BCUT2D eigenvalue weighted by atomic mass is 10.0. The molecular formula is C20H23N5O. The van der Waals surface area contributed by atoms with Crippen molar-refractivity contribution in [3.8, 4) is 0 Å². The minimum Gasteiger partial charge on any atom is -0.366 e. The SMILES string of the molecule is Cc1cc2ccccc2n1CC(=O)N1CCC(Nc2cccnn2)CC1. The molecule has 0 atom stereocenters. The van der Waals surface area contributed by atoms with Crippen LogP contribution in [-0.2, 0) is 11.3 Å². The highest BCUT2D eigenvalue weighted by Gasteiger charge is 2.23. The van der Waals surface area contributed by atoms with Crippen molar-refractivity contribution in [2.45, 2.75) is 32.4 Å². The molecule has 0 saturated carbocycles. The van der Waals surface area contributed by atoms with E-state index in [2.05, 4.69) is 45.2 Å². The number of nitrogens with one attached hydrogen (secondary N) is 1. The fourth-order valence-electron chi connectivity index (χ4n) is 3.65. The standard InChI is InChI=1S/C20H23N5O/c1-15-13-16-5-2-3-6-18(16)25(15)14-20(26)24-11-8-17(9-12-24)22-19-7-4-10-21-23-19/h2-7,10,13,17H,8-9,11-12,14H2,1H3,(H,22,23). The predicted molar refractivity (Wildman–Crippen MR) is 102 cm³/mol. The molecule has 0 aliphatic carbocycles.